The summed E-state index contributed by atoms with van der Waals surface area (Å²) in [5.41, 5.74) is 4.52. The lowest BCUT2D eigenvalue weighted by Gasteiger charge is -2.24. The predicted molar refractivity (Wildman–Crippen MR) is 42.1 cm³/mol. The van der Waals surface area contributed by atoms with Crippen molar-refractivity contribution in [2.24, 2.45) is 11.7 Å². The quantitative estimate of drug-likeness (QED) is 0.578. The lowest BCUT2D eigenvalue weighted by Crippen LogP contribution is -2.50. The van der Waals surface area contributed by atoms with Gasteiger partial charge in [0.25, 0.3) is 0 Å². The van der Waals surface area contributed by atoms with Crippen LogP contribution in [0.2, 0.25) is 0 Å². The van der Waals surface area contributed by atoms with Gasteiger partial charge in [-0.25, -0.2) is 0 Å². The minimum atomic E-state index is -1.09. The smallest absolute Gasteiger partial charge is 0.323 e. The fraction of sp³-hybridized carbons (Fsp3) is 0.625. The number of carbonyl (C=O) groups is 1. The molecule has 0 radical (unpaired) electrons. The Morgan fingerprint density at radius 1 is 1.82 bits per heavy atom. The first kappa shape index (κ1) is 8.27. The predicted octanol–water partition coefficient (Wildman–Crippen LogP) is 0.755. The fourth-order valence-electron chi connectivity index (χ4n) is 1.29. The Labute approximate surface area is 65.9 Å². The van der Waals surface area contributed by atoms with Crippen LogP contribution in [0.4, 0.5) is 0 Å². The van der Waals surface area contributed by atoms with E-state index >= 15 is 0 Å². The summed E-state index contributed by atoms with van der Waals surface area (Å²) >= 11 is 0. The molecule has 1 aliphatic rings. The minimum absolute atomic E-state index is 0.000000000000000444. The van der Waals surface area contributed by atoms with Crippen LogP contribution in [0.3, 0.4) is 0 Å². The van der Waals surface area contributed by atoms with Gasteiger partial charge in [0.05, 0.1) is 0 Å². The summed E-state index contributed by atoms with van der Waals surface area (Å²) in [5, 5.41) is 8.74. The first-order valence-corrected chi connectivity index (χ1v) is 3.74. The van der Waals surface area contributed by atoms with Crippen molar-refractivity contribution in [3.63, 3.8) is 0 Å². The van der Waals surface area contributed by atoms with Gasteiger partial charge in [-0.05, 0) is 19.8 Å². The lowest BCUT2D eigenvalue weighted by atomic mass is 9.86. The molecule has 0 aromatic heterocycles. The van der Waals surface area contributed by atoms with Gasteiger partial charge >= 0.3 is 5.97 Å². The zero-order valence-corrected chi connectivity index (χ0v) is 6.58. The molecule has 11 heavy (non-hydrogen) atoms. The molecular formula is C8H13NO2. The monoisotopic (exact) mass is 155 g/mol. The van der Waals surface area contributed by atoms with E-state index in [0.717, 1.165) is 12.8 Å². The van der Waals surface area contributed by atoms with Gasteiger partial charge in [0.2, 0.25) is 0 Å². The summed E-state index contributed by atoms with van der Waals surface area (Å²) in [6, 6.07) is 0. The van der Waals surface area contributed by atoms with E-state index in [-0.39, 0.29) is 5.92 Å². The maximum absolute atomic E-state index is 10.6. The molecule has 1 rings (SSSR count). The van der Waals surface area contributed by atoms with Crippen LogP contribution in [0, 0.1) is 5.92 Å². The first-order chi connectivity index (χ1) is 5.05. The largest absolute Gasteiger partial charge is 0.480 e. The van der Waals surface area contributed by atoms with Crippen LogP contribution < -0.4 is 5.73 Å². The molecule has 0 fully saturated rings. The van der Waals surface area contributed by atoms with Gasteiger partial charge in [0, 0.05) is 5.92 Å². The van der Waals surface area contributed by atoms with Gasteiger partial charge in [0.1, 0.15) is 5.54 Å². The van der Waals surface area contributed by atoms with E-state index < -0.39 is 11.5 Å². The number of rotatable bonds is 2. The highest BCUT2D eigenvalue weighted by molar-refractivity contribution is 5.78. The Balaban J connectivity index is 2.71. The molecule has 0 heterocycles. The van der Waals surface area contributed by atoms with Crippen LogP contribution in [0.5, 0.6) is 0 Å². The van der Waals surface area contributed by atoms with Crippen LogP contribution in [-0.2, 0) is 4.79 Å². The average Bonchev–Trinajstić information content (AvgIpc) is 2.37. The van der Waals surface area contributed by atoms with Gasteiger partial charge in [-0.15, -0.1) is 0 Å². The molecule has 0 unspecified atom stereocenters. The molecule has 0 saturated heterocycles. The maximum atomic E-state index is 10.6. The SMILES string of the molecule is C[C@](N)(C(=O)O)[C@@H]1C=CCC1. The van der Waals surface area contributed by atoms with E-state index in [9.17, 15) is 4.79 Å². The molecule has 1 aliphatic carbocycles. The van der Waals surface area contributed by atoms with Crippen molar-refractivity contribution in [2.75, 3.05) is 0 Å². The molecule has 0 aromatic rings. The molecule has 0 spiro atoms. The third-order valence-corrected chi connectivity index (χ3v) is 2.24. The Kier molecular flexibility index (Phi) is 2.00. The molecule has 0 saturated carbocycles. The van der Waals surface area contributed by atoms with Crippen molar-refractivity contribution < 1.29 is 9.90 Å². The van der Waals surface area contributed by atoms with Crippen molar-refractivity contribution in [1.82, 2.24) is 0 Å². The summed E-state index contributed by atoms with van der Waals surface area (Å²) in [6.07, 6.45) is 5.69. The minimum Gasteiger partial charge on any atom is -0.480 e. The molecule has 0 aromatic carbocycles. The van der Waals surface area contributed by atoms with Crippen molar-refractivity contribution in [1.29, 1.82) is 0 Å². The molecule has 3 heteroatoms. The van der Waals surface area contributed by atoms with Crippen LogP contribution in [0.15, 0.2) is 12.2 Å². The van der Waals surface area contributed by atoms with Crippen LogP contribution >= 0.6 is 0 Å². The Morgan fingerprint density at radius 3 is 2.82 bits per heavy atom. The van der Waals surface area contributed by atoms with Crippen LogP contribution in [0.25, 0.3) is 0 Å². The van der Waals surface area contributed by atoms with E-state index in [1.807, 2.05) is 12.2 Å². The van der Waals surface area contributed by atoms with E-state index in [2.05, 4.69) is 0 Å². The number of hydrogen-bond acceptors (Lipinski definition) is 2. The molecule has 0 bridgehead atoms. The highest BCUT2D eigenvalue weighted by atomic mass is 16.4. The van der Waals surface area contributed by atoms with Gasteiger partial charge in [-0.1, -0.05) is 12.2 Å². The average molecular weight is 155 g/mol. The van der Waals surface area contributed by atoms with Crippen LogP contribution in [0.1, 0.15) is 19.8 Å². The highest BCUT2D eigenvalue weighted by Gasteiger charge is 2.36. The van der Waals surface area contributed by atoms with Crippen molar-refractivity contribution in [3.05, 3.63) is 12.2 Å². The lowest BCUT2D eigenvalue weighted by molar-refractivity contribution is -0.144. The molecule has 62 valence electrons. The summed E-state index contributed by atoms with van der Waals surface area (Å²) in [5.74, 6) is -0.922. The summed E-state index contributed by atoms with van der Waals surface area (Å²) in [6.45, 7) is 1.57. The van der Waals surface area contributed by atoms with Gasteiger partial charge in [-0.3, -0.25) is 4.79 Å². The highest BCUT2D eigenvalue weighted by Crippen LogP contribution is 2.26. The van der Waals surface area contributed by atoms with Gasteiger partial charge < -0.3 is 10.8 Å². The van der Waals surface area contributed by atoms with Gasteiger partial charge in [-0.2, -0.15) is 0 Å². The normalized spacial score (nSPS) is 28.4. The first-order valence-electron chi connectivity index (χ1n) is 3.74. The third kappa shape index (κ3) is 1.43. The molecule has 2 atom stereocenters. The van der Waals surface area contributed by atoms with Crippen LogP contribution in [-0.4, -0.2) is 16.6 Å². The zero-order chi connectivity index (χ0) is 8.48. The van der Waals surface area contributed by atoms with Crippen molar-refractivity contribution >= 4 is 5.97 Å². The maximum Gasteiger partial charge on any atom is 0.323 e. The number of carboxylic acid groups (broad SMARTS) is 1. The summed E-state index contributed by atoms with van der Waals surface area (Å²) in [7, 11) is 0. The van der Waals surface area contributed by atoms with Crippen molar-refractivity contribution in [3.8, 4) is 0 Å². The van der Waals surface area contributed by atoms with Gasteiger partial charge in [0.15, 0.2) is 0 Å². The van der Waals surface area contributed by atoms with E-state index in [4.69, 9.17) is 10.8 Å². The van der Waals surface area contributed by atoms with E-state index in [0.29, 0.717) is 0 Å². The molecule has 0 aliphatic heterocycles. The Bertz CT molecular complexity index is 196. The number of carboxylic acids is 1. The van der Waals surface area contributed by atoms with E-state index in [1.54, 1.807) is 6.92 Å². The standard InChI is InChI=1S/C8H13NO2/c1-8(9,7(10)11)6-4-2-3-5-6/h2,4,6H,3,5,9H2,1H3,(H,10,11)/t6-,8-/m1/s1. The van der Waals surface area contributed by atoms with E-state index in [1.165, 1.54) is 0 Å². The number of hydrogen-bond donors (Lipinski definition) is 2. The second kappa shape index (κ2) is 2.66. The summed E-state index contributed by atoms with van der Waals surface area (Å²) in [4.78, 5) is 10.6. The van der Waals surface area contributed by atoms with Crippen molar-refractivity contribution in [2.45, 2.75) is 25.3 Å². The molecular weight excluding hydrogens is 142 g/mol. The molecule has 3 nitrogen and oxygen atoms in total. The zero-order valence-electron chi connectivity index (χ0n) is 6.58. The third-order valence-electron chi connectivity index (χ3n) is 2.24. The second-order valence-electron chi connectivity index (χ2n) is 3.20. The fourth-order valence-corrected chi connectivity index (χ4v) is 1.29. The second-order valence-corrected chi connectivity index (χ2v) is 3.20. The summed E-state index contributed by atoms with van der Waals surface area (Å²) < 4.78 is 0. The Morgan fingerprint density at radius 2 is 2.45 bits per heavy atom. The topological polar surface area (TPSA) is 63.3 Å². The number of aliphatic carboxylic acids is 1. The Hall–Kier alpha value is -0.830. The molecule has 3 N–H and O–H groups in total. The number of nitrogens with two attached hydrogens (primary N) is 1. The number of allylic oxidation sites excluding steroid dienone is 1. The molecule has 0 amide bonds.